The Morgan fingerprint density at radius 1 is 1.32 bits per heavy atom. The zero-order valence-corrected chi connectivity index (χ0v) is 16.9. The summed E-state index contributed by atoms with van der Waals surface area (Å²) in [5, 5.41) is 2.27. The van der Waals surface area contributed by atoms with Crippen LogP contribution >= 0.6 is 0 Å². The Hall–Kier alpha value is -0.534. The van der Waals surface area contributed by atoms with E-state index in [2.05, 4.69) is 18.0 Å². The first-order valence-electron chi connectivity index (χ1n) is 7.08. The molecule has 114 valence electrons. The molecule has 0 radical (unpaired) electrons. The summed E-state index contributed by atoms with van der Waals surface area (Å²) in [7, 11) is 0. The van der Waals surface area contributed by atoms with E-state index < -0.39 is 11.9 Å². The van der Waals surface area contributed by atoms with Crippen LogP contribution in [0.3, 0.4) is 0 Å². The molecule has 1 N–H and O–H groups in total. The summed E-state index contributed by atoms with van der Waals surface area (Å²) in [6.45, 7) is 9.71. The quantitative estimate of drug-likeness (QED) is 0.298. The first-order chi connectivity index (χ1) is 10.0. The minimum atomic E-state index is -0.557. The minimum Gasteiger partial charge on any atom is -0.324 e. The van der Waals surface area contributed by atoms with Gasteiger partial charge in [-0.25, -0.2) is 6.08 Å². The van der Waals surface area contributed by atoms with Gasteiger partial charge in [-0.3, -0.25) is 25.8 Å². The van der Waals surface area contributed by atoms with Gasteiger partial charge in [0.2, 0.25) is 17.7 Å². The molecule has 0 spiro atoms. The van der Waals surface area contributed by atoms with Gasteiger partial charge in [0.15, 0.2) is 0 Å². The Kier molecular flexibility index (Phi) is 10.0. The maximum absolute atomic E-state index is 12.3. The third-order valence-electron chi connectivity index (χ3n) is 3.31. The smallest absolute Gasteiger partial charge is 0.324 e. The van der Waals surface area contributed by atoms with Gasteiger partial charge in [-0.05, 0) is 18.9 Å². The second-order valence-corrected chi connectivity index (χ2v) is 4.63. The summed E-state index contributed by atoms with van der Waals surface area (Å²) < 4.78 is 0. The van der Waals surface area contributed by atoms with Gasteiger partial charge in [-0.15, -0.1) is 0 Å². The average molecular weight is 328 g/mol. The maximum Gasteiger partial charge on any atom is 1.00 e. The van der Waals surface area contributed by atoms with Crippen LogP contribution in [0.2, 0.25) is 0 Å². The van der Waals surface area contributed by atoms with Crippen LogP contribution in [-0.2, 0) is 14.4 Å². The van der Waals surface area contributed by atoms with E-state index in [1.54, 1.807) is 12.2 Å². The van der Waals surface area contributed by atoms with Crippen molar-refractivity contribution in [1.82, 2.24) is 10.2 Å². The average Bonchev–Trinajstić information content (AvgIpc) is 2.74. The van der Waals surface area contributed by atoms with E-state index in [0.29, 0.717) is 18.5 Å². The van der Waals surface area contributed by atoms with Crippen molar-refractivity contribution in [1.29, 1.82) is 0 Å². The molecule has 3 amide bonds. The number of carbonyl (C=O) groups excluding carboxylic acids is 3. The molecule has 0 bridgehead atoms. The first kappa shape index (κ1) is 21.5. The van der Waals surface area contributed by atoms with Crippen LogP contribution in [-0.4, -0.2) is 35.2 Å². The largest absolute Gasteiger partial charge is 1.00 e. The van der Waals surface area contributed by atoms with Gasteiger partial charge in [-0.1, -0.05) is 19.4 Å². The Bertz CT molecular complexity index is 523. The fourth-order valence-corrected chi connectivity index (χ4v) is 2.34. The fourth-order valence-electron chi connectivity index (χ4n) is 2.34. The normalized spacial score (nSPS) is 21.3. The molecule has 1 fully saturated rings. The number of nitrogens with one attached hydrogen (secondary N) is 1. The summed E-state index contributed by atoms with van der Waals surface area (Å²) >= 11 is 0. The minimum absolute atomic E-state index is 0. The molecule has 6 heteroatoms. The van der Waals surface area contributed by atoms with Crippen molar-refractivity contribution in [3.05, 3.63) is 36.0 Å². The van der Waals surface area contributed by atoms with Gasteiger partial charge in [0.1, 0.15) is 6.04 Å². The van der Waals surface area contributed by atoms with E-state index in [4.69, 9.17) is 0 Å². The topological polar surface area (TPSA) is 66.5 Å². The van der Waals surface area contributed by atoms with Crippen molar-refractivity contribution >= 4 is 17.7 Å². The number of hydrogen-bond donors (Lipinski definition) is 1. The molecule has 2 rings (SSSR count). The molecule has 0 aromatic heterocycles. The van der Waals surface area contributed by atoms with Crippen molar-refractivity contribution in [3.63, 3.8) is 0 Å². The van der Waals surface area contributed by atoms with Gasteiger partial charge < -0.3 is 4.90 Å². The van der Waals surface area contributed by atoms with E-state index in [1.807, 2.05) is 20.8 Å². The molecular formula is C16H21KN2O3. The number of amides is 3. The Morgan fingerprint density at radius 3 is 2.50 bits per heavy atom. The summed E-state index contributed by atoms with van der Waals surface area (Å²) in [5.74, 6) is -0.852. The van der Waals surface area contributed by atoms with E-state index >= 15 is 0 Å². The van der Waals surface area contributed by atoms with Crippen LogP contribution in [0.25, 0.3) is 0 Å². The van der Waals surface area contributed by atoms with Gasteiger partial charge in [0.05, 0.1) is 0 Å². The standard InChI is InChI=1S/C14H15N2O3.C2H6.K/c1-3-4-5-10-9(2)8-16(14(10)19)11-6-7-12(17)15-13(11)18;1-2;/h4-5,11H,1,6-8H2,2H3,(H,15,17,18);1-2H3;/q-1;;+1/b5-4-;;. The van der Waals surface area contributed by atoms with Crippen LogP contribution in [0.4, 0.5) is 0 Å². The molecule has 2 heterocycles. The summed E-state index contributed by atoms with van der Waals surface area (Å²) in [4.78, 5) is 36.7. The van der Waals surface area contributed by atoms with Crippen LogP contribution in [0.5, 0.6) is 0 Å². The number of rotatable bonds is 3. The molecule has 22 heavy (non-hydrogen) atoms. The second kappa shape index (κ2) is 10.3. The SMILES string of the molecule is C=[C-]/C=C\C1=C(C)CN(C2CCC(=O)NC2=O)C1=O.CC.[K+]. The number of carbonyl (C=O) groups is 3. The summed E-state index contributed by atoms with van der Waals surface area (Å²) in [6, 6.07) is -0.557. The fraction of sp³-hybridized carbons (Fsp3) is 0.438. The Balaban J connectivity index is 0.00000141. The van der Waals surface area contributed by atoms with Crippen LogP contribution in [0.15, 0.2) is 29.9 Å². The Labute approximate surface area is 174 Å². The number of hydrogen-bond acceptors (Lipinski definition) is 3. The number of imide groups is 1. The molecule has 1 saturated heterocycles. The molecule has 0 saturated carbocycles. The first-order valence-corrected chi connectivity index (χ1v) is 7.08. The van der Waals surface area contributed by atoms with E-state index in [0.717, 1.165) is 5.57 Å². The van der Waals surface area contributed by atoms with Crippen LogP contribution in [0, 0.1) is 6.08 Å². The van der Waals surface area contributed by atoms with E-state index in [9.17, 15) is 14.4 Å². The van der Waals surface area contributed by atoms with Crippen molar-refractivity contribution in [3.8, 4) is 0 Å². The summed E-state index contributed by atoms with van der Waals surface area (Å²) in [5.41, 5.74) is 1.47. The van der Waals surface area contributed by atoms with Crippen molar-refractivity contribution < 1.29 is 65.8 Å². The maximum atomic E-state index is 12.3. The monoisotopic (exact) mass is 328 g/mol. The molecule has 1 atom stereocenters. The van der Waals surface area contributed by atoms with Crippen molar-refractivity contribution in [2.45, 2.75) is 39.7 Å². The number of piperidine rings is 1. The van der Waals surface area contributed by atoms with Crippen LogP contribution < -0.4 is 56.7 Å². The van der Waals surface area contributed by atoms with E-state index in [-0.39, 0.29) is 69.6 Å². The molecule has 1 unspecified atom stereocenters. The third-order valence-corrected chi connectivity index (χ3v) is 3.31. The Morgan fingerprint density at radius 2 is 1.95 bits per heavy atom. The molecule has 0 aliphatic carbocycles. The van der Waals surface area contributed by atoms with Crippen molar-refractivity contribution in [2.75, 3.05) is 6.54 Å². The van der Waals surface area contributed by atoms with Crippen molar-refractivity contribution in [2.24, 2.45) is 0 Å². The van der Waals surface area contributed by atoms with Crippen LogP contribution in [0.1, 0.15) is 33.6 Å². The molecule has 5 nitrogen and oxygen atoms in total. The zero-order chi connectivity index (χ0) is 16.0. The predicted octanol–water partition coefficient (Wildman–Crippen LogP) is -1.47. The molecular weight excluding hydrogens is 307 g/mol. The molecule has 2 aliphatic rings. The van der Waals surface area contributed by atoms with Gasteiger partial charge in [0.25, 0.3) is 0 Å². The molecule has 0 aromatic carbocycles. The zero-order valence-electron chi connectivity index (χ0n) is 13.7. The molecule has 2 aliphatic heterocycles. The van der Waals surface area contributed by atoms with E-state index in [1.165, 1.54) is 4.90 Å². The second-order valence-electron chi connectivity index (χ2n) is 4.63. The number of allylic oxidation sites excluding steroid dienone is 2. The van der Waals surface area contributed by atoms with Gasteiger partial charge in [-0.2, -0.15) is 12.7 Å². The molecule has 0 aromatic rings. The number of nitrogens with zero attached hydrogens (tertiary/aromatic N) is 1. The van der Waals surface area contributed by atoms with Gasteiger partial charge in [0, 0.05) is 13.0 Å². The third kappa shape index (κ3) is 4.99. The summed E-state index contributed by atoms with van der Waals surface area (Å²) in [6.07, 6.45) is 6.46. The van der Waals surface area contributed by atoms with Gasteiger partial charge >= 0.3 is 51.4 Å². The predicted molar refractivity (Wildman–Crippen MR) is 79.9 cm³/mol.